The van der Waals surface area contributed by atoms with Crippen LogP contribution in [0.4, 0.5) is 0 Å². The van der Waals surface area contributed by atoms with Crippen LogP contribution in [0.1, 0.15) is 17.5 Å². The first-order valence-electron chi connectivity index (χ1n) is 7.78. The molecule has 1 aromatic carbocycles. The summed E-state index contributed by atoms with van der Waals surface area (Å²) in [5, 5.41) is 6.44. The van der Waals surface area contributed by atoms with E-state index in [1.54, 1.807) is 7.05 Å². The minimum Gasteiger partial charge on any atom is -0.353 e. The zero-order valence-electron chi connectivity index (χ0n) is 14.0. The van der Waals surface area contributed by atoms with Gasteiger partial charge in [-0.2, -0.15) is 0 Å². The maximum absolute atomic E-state index is 11.5. The molecule has 1 aliphatic rings. The number of hydrogen-bond acceptors (Lipinski definition) is 4. The largest absolute Gasteiger partial charge is 0.353 e. The second-order valence-corrected chi connectivity index (χ2v) is 8.46. The number of rotatable bonds is 5. The highest BCUT2D eigenvalue weighted by Gasteiger charge is 2.28. The molecule has 0 amide bonds. The van der Waals surface area contributed by atoms with Gasteiger partial charge >= 0.3 is 0 Å². The summed E-state index contributed by atoms with van der Waals surface area (Å²) >= 11 is 0. The SMILES string of the molecule is CN=C(NCc1cccc(CN(C)C)c1)NC1CCS(=O)(=O)C1. The molecule has 2 rings (SSSR count). The molecule has 0 spiro atoms. The minimum atomic E-state index is -2.88. The topological polar surface area (TPSA) is 73.8 Å². The summed E-state index contributed by atoms with van der Waals surface area (Å²) in [6.45, 7) is 1.56. The highest BCUT2D eigenvalue weighted by Crippen LogP contribution is 2.11. The number of guanidine groups is 1. The fourth-order valence-electron chi connectivity index (χ4n) is 2.69. The minimum absolute atomic E-state index is 0.0497. The Kier molecular flexibility index (Phi) is 6.01. The molecule has 1 unspecified atom stereocenters. The third-order valence-corrected chi connectivity index (χ3v) is 5.51. The van der Waals surface area contributed by atoms with E-state index in [-0.39, 0.29) is 17.5 Å². The smallest absolute Gasteiger partial charge is 0.191 e. The quantitative estimate of drug-likeness (QED) is 0.608. The molecule has 0 aromatic heterocycles. The fraction of sp³-hybridized carbons (Fsp3) is 0.562. The first-order chi connectivity index (χ1) is 10.9. The lowest BCUT2D eigenvalue weighted by Gasteiger charge is -2.16. The van der Waals surface area contributed by atoms with E-state index in [0.717, 1.165) is 6.54 Å². The van der Waals surface area contributed by atoms with Gasteiger partial charge in [0.2, 0.25) is 0 Å². The predicted molar refractivity (Wildman–Crippen MR) is 94.2 cm³/mol. The molecule has 128 valence electrons. The third kappa shape index (κ3) is 5.84. The van der Waals surface area contributed by atoms with Crippen LogP contribution in [-0.2, 0) is 22.9 Å². The van der Waals surface area contributed by atoms with Crippen LogP contribution in [0.3, 0.4) is 0 Å². The summed E-state index contributed by atoms with van der Waals surface area (Å²) in [5.41, 5.74) is 2.44. The van der Waals surface area contributed by atoms with E-state index < -0.39 is 9.84 Å². The highest BCUT2D eigenvalue weighted by atomic mass is 32.2. The van der Waals surface area contributed by atoms with Gasteiger partial charge in [0.15, 0.2) is 15.8 Å². The molecular weight excluding hydrogens is 312 g/mol. The molecule has 1 atom stereocenters. The van der Waals surface area contributed by atoms with Gasteiger partial charge < -0.3 is 15.5 Å². The molecule has 7 heteroatoms. The number of aliphatic imine (C=N–C) groups is 1. The summed E-state index contributed by atoms with van der Waals surface area (Å²) in [5.74, 6) is 1.09. The van der Waals surface area contributed by atoms with Crippen LogP contribution in [-0.4, -0.2) is 58.0 Å². The lowest BCUT2D eigenvalue weighted by Crippen LogP contribution is -2.43. The van der Waals surface area contributed by atoms with Crippen LogP contribution in [0.15, 0.2) is 29.3 Å². The average Bonchev–Trinajstić information content (AvgIpc) is 2.82. The Morgan fingerprint density at radius 2 is 2.09 bits per heavy atom. The number of sulfone groups is 1. The van der Waals surface area contributed by atoms with Crippen molar-refractivity contribution in [1.29, 1.82) is 0 Å². The standard InChI is InChI=1S/C16H26N4O2S/c1-17-16(19-15-7-8-23(21,22)12-15)18-10-13-5-4-6-14(9-13)11-20(2)3/h4-6,9,15H,7-8,10-12H2,1-3H3,(H2,17,18,19). The Morgan fingerprint density at radius 1 is 1.35 bits per heavy atom. The molecule has 1 saturated heterocycles. The molecule has 1 fully saturated rings. The van der Waals surface area contributed by atoms with E-state index in [9.17, 15) is 8.42 Å². The Labute approximate surface area is 138 Å². The number of nitrogens with zero attached hydrogens (tertiary/aromatic N) is 2. The summed E-state index contributed by atoms with van der Waals surface area (Å²) in [6, 6.07) is 8.35. The van der Waals surface area contributed by atoms with E-state index >= 15 is 0 Å². The van der Waals surface area contributed by atoms with Gasteiger partial charge in [-0.25, -0.2) is 8.42 Å². The van der Waals surface area contributed by atoms with E-state index in [1.807, 2.05) is 14.1 Å². The van der Waals surface area contributed by atoms with Gasteiger partial charge in [-0.3, -0.25) is 4.99 Å². The Bertz CT molecular complexity index is 656. The van der Waals surface area contributed by atoms with Gasteiger partial charge in [0, 0.05) is 26.2 Å². The number of hydrogen-bond donors (Lipinski definition) is 2. The van der Waals surface area contributed by atoms with Gasteiger partial charge in [0.05, 0.1) is 11.5 Å². The number of benzene rings is 1. The molecule has 1 aliphatic heterocycles. The molecule has 1 aromatic rings. The van der Waals surface area contributed by atoms with Crippen LogP contribution >= 0.6 is 0 Å². The van der Waals surface area contributed by atoms with Gasteiger partial charge in [0.1, 0.15) is 0 Å². The van der Waals surface area contributed by atoms with Gasteiger partial charge in [-0.1, -0.05) is 24.3 Å². The van der Waals surface area contributed by atoms with E-state index in [4.69, 9.17) is 0 Å². The Balaban J connectivity index is 1.88. The Morgan fingerprint density at radius 3 is 2.70 bits per heavy atom. The molecule has 23 heavy (non-hydrogen) atoms. The maximum atomic E-state index is 11.5. The zero-order valence-corrected chi connectivity index (χ0v) is 14.9. The average molecular weight is 338 g/mol. The summed E-state index contributed by atoms with van der Waals surface area (Å²) in [6.07, 6.45) is 0.640. The van der Waals surface area contributed by atoms with Crippen molar-refractivity contribution in [3.05, 3.63) is 35.4 Å². The van der Waals surface area contributed by atoms with Crippen LogP contribution in [0.2, 0.25) is 0 Å². The van der Waals surface area contributed by atoms with Crippen molar-refractivity contribution >= 4 is 15.8 Å². The van der Waals surface area contributed by atoms with Crippen molar-refractivity contribution in [2.45, 2.75) is 25.6 Å². The molecule has 0 bridgehead atoms. The van der Waals surface area contributed by atoms with Crippen LogP contribution in [0.25, 0.3) is 0 Å². The van der Waals surface area contributed by atoms with Crippen LogP contribution in [0, 0.1) is 0 Å². The normalized spacial score (nSPS) is 20.7. The van der Waals surface area contributed by atoms with Crippen molar-refractivity contribution < 1.29 is 8.42 Å². The lowest BCUT2D eigenvalue weighted by molar-refractivity contribution is 0.402. The number of nitrogens with one attached hydrogen (secondary N) is 2. The second kappa shape index (κ2) is 7.79. The first-order valence-corrected chi connectivity index (χ1v) is 9.60. The molecular formula is C16H26N4O2S. The second-order valence-electron chi connectivity index (χ2n) is 6.23. The first kappa shape index (κ1) is 17.7. The molecule has 6 nitrogen and oxygen atoms in total. The van der Waals surface area contributed by atoms with E-state index in [1.165, 1.54) is 11.1 Å². The van der Waals surface area contributed by atoms with Gasteiger partial charge in [0.25, 0.3) is 0 Å². The fourth-order valence-corrected chi connectivity index (χ4v) is 4.36. The summed E-state index contributed by atoms with van der Waals surface area (Å²) in [7, 11) is 2.91. The highest BCUT2D eigenvalue weighted by molar-refractivity contribution is 7.91. The molecule has 0 radical (unpaired) electrons. The van der Waals surface area contributed by atoms with Crippen molar-refractivity contribution in [2.24, 2.45) is 4.99 Å². The van der Waals surface area contributed by atoms with E-state index in [0.29, 0.717) is 18.9 Å². The van der Waals surface area contributed by atoms with Crippen LogP contribution < -0.4 is 10.6 Å². The van der Waals surface area contributed by atoms with Gasteiger partial charge in [-0.15, -0.1) is 0 Å². The van der Waals surface area contributed by atoms with Crippen LogP contribution in [0.5, 0.6) is 0 Å². The Hall–Kier alpha value is -1.60. The zero-order chi connectivity index (χ0) is 16.9. The lowest BCUT2D eigenvalue weighted by atomic mass is 10.1. The maximum Gasteiger partial charge on any atom is 0.191 e. The molecule has 0 aliphatic carbocycles. The predicted octanol–water partition coefficient (Wildman–Crippen LogP) is 0.600. The van der Waals surface area contributed by atoms with Crippen molar-refractivity contribution in [3.63, 3.8) is 0 Å². The van der Waals surface area contributed by atoms with E-state index in [2.05, 4.69) is 44.8 Å². The monoisotopic (exact) mass is 338 g/mol. The van der Waals surface area contributed by atoms with Crippen molar-refractivity contribution in [2.75, 3.05) is 32.6 Å². The van der Waals surface area contributed by atoms with Crippen molar-refractivity contribution in [3.8, 4) is 0 Å². The summed E-state index contributed by atoms with van der Waals surface area (Å²) < 4.78 is 23.0. The molecule has 1 heterocycles. The third-order valence-electron chi connectivity index (χ3n) is 3.75. The molecule has 2 N–H and O–H groups in total. The summed E-state index contributed by atoms with van der Waals surface area (Å²) in [4.78, 5) is 6.31. The molecule has 0 saturated carbocycles. The van der Waals surface area contributed by atoms with Crippen molar-refractivity contribution in [1.82, 2.24) is 15.5 Å². The van der Waals surface area contributed by atoms with Gasteiger partial charge in [-0.05, 0) is 31.6 Å².